The first-order valence-corrected chi connectivity index (χ1v) is 13.1. The van der Waals surface area contributed by atoms with Crippen molar-refractivity contribution in [1.82, 2.24) is 34.2 Å². The lowest BCUT2D eigenvalue weighted by Crippen LogP contribution is -2.36. The largest absolute Gasteiger partial charge is 0.493 e. The van der Waals surface area contributed by atoms with Gasteiger partial charge in [0.25, 0.3) is 0 Å². The number of hydrogen-bond donors (Lipinski definition) is 2. The summed E-state index contributed by atoms with van der Waals surface area (Å²) in [6.45, 7) is 0.223. The standard InChI is InChI=1S/C28H28FN7O3/c1-30-27(37)19-13-39-17-6-4-5-15(10-17)21-22-24-20(35(3)28(38)36(24)16-8-7-14(19)9-16)11-31-26(22)32-23(21)18-12-34(2)33-25(18)29/h4-6,10-12,14,16,19H,7-9,13H2,1-3H3,(H,30,37)(H,31,32)/t14-,16-,19?/m1/s1. The summed E-state index contributed by atoms with van der Waals surface area (Å²) in [4.78, 5) is 34.7. The first-order valence-electron chi connectivity index (χ1n) is 13.1. The minimum absolute atomic E-state index is 0.0594. The Morgan fingerprint density at radius 3 is 2.87 bits per heavy atom. The van der Waals surface area contributed by atoms with Gasteiger partial charge in [-0.15, -0.1) is 5.10 Å². The molecule has 7 rings (SSSR count). The molecule has 1 saturated carbocycles. The number of imidazole rings is 1. The molecule has 1 aliphatic carbocycles. The van der Waals surface area contributed by atoms with Crippen LogP contribution in [0.15, 0.2) is 41.5 Å². The number of rotatable bonds is 2. The fourth-order valence-corrected chi connectivity index (χ4v) is 6.57. The van der Waals surface area contributed by atoms with Crippen LogP contribution in [0, 0.1) is 17.8 Å². The zero-order valence-electron chi connectivity index (χ0n) is 21.9. The van der Waals surface area contributed by atoms with Gasteiger partial charge in [0, 0.05) is 38.9 Å². The van der Waals surface area contributed by atoms with Crippen molar-refractivity contribution in [2.75, 3.05) is 13.7 Å². The Morgan fingerprint density at radius 1 is 1.26 bits per heavy atom. The van der Waals surface area contributed by atoms with E-state index in [-0.39, 0.29) is 36.1 Å². The molecule has 0 saturated heterocycles. The van der Waals surface area contributed by atoms with Crippen LogP contribution in [0.4, 0.5) is 4.39 Å². The average molecular weight is 530 g/mol. The zero-order chi connectivity index (χ0) is 27.0. The number of ether oxygens (including phenoxy) is 1. The number of carbonyl (C=O) groups excluding carboxylic acids is 1. The second kappa shape index (κ2) is 8.55. The molecule has 0 radical (unpaired) electrons. The summed E-state index contributed by atoms with van der Waals surface area (Å²) in [5.41, 5.74) is 4.18. The summed E-state index contributed by atoms with van der Waals surface area (Å²) in [6, 6.07) is 7.45. The molecule has 39 heavy (non-hydrogen) atoms. The number of aromatic nitrogens is 6. The van der Waals surface area contributed by atoms with Crippen molar-refractivity contribution in [3.05, 3.63) is 53.1 Å². The number of benzene rings is 1. The normalized spacial score (nSPS) is 20.6. The van der Waals surface area contributed by atoms with Crippen LogP contribution in [0.5, 0.6) is 5.75 Å². The summed E-state index contributed by atoms with van der Waals surface area (Å²) in [7, 11) is 5.06. The molecule has 1 fully saturated rings. The van der Waals surface area contributed by atoms with E-state index in [0.717, 1.165) is 34.9 Å². The minimum atomic E-state index is -0.607. The maximum absolute atomic E-state index is 15.1. The second-order valence-corrected chi connectivity index (χ2v) is 10.6. The summed E-state index contributed by atoms with van der Waals surface area (Å²) in [5, 5.41) is 7.46. The van der Waals surface area contributed by atoms with Gasteiger partial charge in [0.2, 0.25) is 11.9 Å². The van der Waals surface area contributed by atoms with Gasteiger partial charge in [-0.2, -0.15) is 4.39 Å². The lowest BCUT2D eigenvalue weighted by atomic mass is 9.90. The van der Waals surface area contributed by atoms with Gasteiger partial charge in [0.15, 0.2) is 0 Å². The smallest absolute Gasteiger partial charge is 0.329 e. The fraction of sp³-hybridized carbons (Fsp3) is 0.357. The fourth-order valence-electron chi connectivity index (χ4n) is 6.57. The van der Waals surface area contributed by atoms with Crippen LogP contribution in [0.3, 0.4) is 0 Å². The number of aromatic amines is 1. The second-order valence-electron chi connectivity index (χ2n) is 10.6. The molecule has 200 valence electrons. The Hall–Kier alpha value is -4.41. The third-order valence-electron chi connectivity index (χ3n) is 8.44. The van der Waals surface area contributed by atoms with Crippen molar-refractivity contribution < 1.29 is 13.9 Å². The number of H-pyrrole nitrogens is 1. The molecule has 1 aliphatic heterocycles. The number of halogens is 1. The molecule has 1 unspecified atom stereocenters. The van der Waals surface area contributed by atoms with E-state index in [1.165, 1.54) is 4.68 Å². The first kappa shape index (κ1) is 23.7. The lowest BCUT2D eigenvalue weighted by molar-refractivity contribution is -0.127. The lowest BCUT2D eigenvalue weighted by Gasteiger charge is -2.23. The molecule has 1 amide bonds. The Balaban J connectivity index is 1.60. The molecule has 11 heteroatoms. The van der Waals surface area contributed by atoms with Gasteiger partial charge < -0.3 is 15.0 Å². The maximum atomic E-state index is 15.1. The molecule has 3 atom stereocenters. The van der Waals surface area contributed by atoms with E-state index in [2.05, 4.69) is 20.4 Å². The molecule has 5 aromatic rings. The van der Waals surface area contributed by atoms with Gasteiger partial charge in [-0.1, -0.05) is 12.1 Å². The summed E-state index contributed by atoms with van der Waals surface area (Å²) >= 11 is 0. The quantitative estimate of drug-likeness (QED) is 0.364. The van der Waals surface area contributed by atoms with Gasteiger partial charge in [-0.3, -0.25) is 18.6 Å². The molecule has 0 spiro atoms. The highest BCUT2D eigenvalue weighted by Gasteiger charge is 2.38. The van der Waals surface area contributed by atoms with E-state index in [1.807, 2.05) is 28.8 Å². The number of nitrogens with zero attached hydrogens (tertiary/aromatic N) is 5. The topological polar surface area (TPSA) is 112 Å². The Bertz CT molecular complexity index is 1850. The molecule has 5 heterocycles. The number of amides is 1. The first-order chi connectivity index (χ1) is 18.9. The molecule has 4 aromatic heterocycles. The van der Waals surface area contributed by atoms with Crippen LogP contribution in [0.1, 0.15) is 25.3 Å². The molecule has 2 N–H and O–H groups in total. The van der Waals surface area contributed by atoms with Crippen LogP contribution in [0.25, 0.3) is 44.5 Å². The van der Waals surface area contributed by atoms with Crippen LogP contribution >= 0.6 is 0 Å². The molecule has 10 nitrogen and oxygen atoms in total. The Kier molecular flexibility index (Phi) is 5.19. The van der Waals surface area contributed by atoms with Crippen molar-refractivity contribution in [1.29, 1.82) is 0 Å². The van der Waals surface area contributed by atoms with E-state index < -0.39 is 5.95 Å². The van der Waals surface area contributed by atoms with Gasteiger partial charge in [-0.25, -0.2) is 9.78 Å². The molecular weight excluding hydrogens is 501 g/mol. The summed E-state index contributed by atoms with van der Waals surface area (Å²) in [6.07, 6.45) is 5.55. The van der Waals surface area contributed by atoms with Gasteiger partial charge in [-0.05, 0) is 42.9 Å². The molecule has 2 aliphatic rings. The van der Waals surface area contributed by atoms with E-state index in [1.54, 1.807) is 38.1 Å². The van der Waals surface area contributed by atoms with Crippen LogP contribution in [-0.2, 0) is 18.9 Å². The van der Waals surface area contributed by atoms with Crippen molar-refractivity contribution in [3.63, 3.8) is 0 Å². The number of hydrogen-bond acceptors (Lipinski definition) is 5. The average Bonchev–Trinajstić information content (AvgIpc) is 3.68. The van der Waals surface area contributed by atoms with E-state index in [9.17, 15) is 9.59 Å². The van der Waals surface area contributed by atoms with E-state index in [0.29, 0.717) is 34.6 Å². The van der Waals surface area contributed by atoms with Crippen LogP contribution in [-0.4, -0.2) is 48.4 Å². The number of fused-ring (bicyclic) bond motifs is 6. The van der Waals surface area contributed by atoms with Gasteiger partial charge in [0.1, 0.15) is 18.0 Å². The van der Waals surface area contributed by atoms with E-state index >= 15 is 4.39 Å². The number of carbonyl (C=O) groups is 1. The van der Waals surface area contributed by atoms with Crippen molar-refractivity contribution in [2.24, 2.45) is 25.9 Å². The highest BCUT2D eigenvalue weighted by molar-refractivity contribution is 6.14. The minimum Gasteiger partial charge on any atom is -0.493 e. The van der Waals surface area contributed by atoms with E-state index in [4.69, 9.17) is 4.74 Å². The number of pyridine rings is 1. The highest BCUT2D eigenvalue weighted by Crippen LogP contribution is 2.45. The monoisotopic (exact) mass is 529 g/mol. The van der Waals surface area contributed by atoms with Crippen molar-refractivity contribution >= 4 is 28.0 Å². The summed E-state index contributed by atoms with van der Waals surface area (Å²) in [5.74, 6) is -0.359. The number of nitrogens with one attached hydrogen (secondary N) is 2. The maximum Gasteiger partial charge on any atom is 0.329 e. The van der Waals surface area contributed by atoms with Gasteiger partial charge in [0.05, 0.1) is 39.8 Å². The van der Waals surface area contributed by atoms with Crippen molar-refractivity contribution in [3.8, 4) is 28.1 Å². The zero-order valence-corrected chi connectivity index (χ0v) is 21.9. The molecular formula is C28H28FN7O3. The predicted molar refractivity (Wildman–Crippen MR) is 144 cm³/mol. The Labute approximate surface area is 222 Å². The number of aryl methyl sites for hydroxylation is 2. The SMILES string of the molecule is CNC(=O)C1COc2cccc(c2)-c2c(-c3cn(C)nc3F)[nH]c3ncc4c(c23)n(c(=O)n4C)[C@@H]2CC[C@@H]1C2. The third-order valence-corrected chi connectivity index (χ3v) is 8.44. The highest BCUT2D eigenvalue weighted by atomic mass is 19.1. The van der Waals surface area contributed by atoms with Crippen molar-refractivity contribution in [2.45, 2.75) is 25.3 Å². The van der Waals surface area contributed by atoms with Crippen LogP contribution < -0.4 is 15.7 Å². The summed E-state index contributed by atoms with van der Waals surface area (Å²) < 4.78 is 26.2. The molecule has 4 bridgehead atoms. The van der Waals surface area contributed by atoms with Gasteiger partial charge >= 0.3 is 5.69 Å². The Morgan fingerprint density at radius 2 is 2.10 bits per heavy atom. The molecule has 1 aromatic carbocycles. The van der Waals surface area contributed by atoms with Crippen LogP contribution in [0.2, 0.25) is 0 Å². The third kappa shape index (κ3) is 3.45. The predicted octanol–water partition coefficient (Wildman–Crippen LogP) is 3.52.